The van der Waals surface area contributed by atoms with Crippen molar-refractivity contribution < 1.29 is 23.6 Å². The molecule has 0 aliphatic carbocycles. The number of amides is 4. The first kappa shape index (κ1) is 29.5. The number of nitrogens with zero attached hydrogens (tertiary/aromatic N) is 3. The molecule has 218 valence electrons. The summed E-state index contributed by atoms with van der Waals surface area (Å²) in [6, 6.07) is 8.60. The van der Waals surface area contributed by atoms with Crippen molar-refractivity contribution in [3.05, 3.63) is 71.7 Å². The Labute approximate surface area is 238 Å². The zero-order valence-corrected chi connectivity index (χ0v) is 23.6. The van der Waals surface area contributed by atoms with E-state index in [4.69, 9.17) is 4.42 Å². The van der Waals surface area contributed by atoms with E-state index in [-0.39, 0.29) is 23.2 Å². The quantitative estimate of drug-likeness (QED) is 0.357. The summed E-state index contributed by atoms with van der Waals surface area (Å²) in [6.07, 6.45) is 4.72. The predicted molar refractivity (Wildman–Crippen MR) is 150 cm³/mol. The molecule has 1 aliphatic rings. The van der Waals surface area contributed by atoms with Gasteiger partial charge in [-0.3, -0.25) is 23.9 Å². The van der Waals surface area contributed by atoms with Crippen LogP contribution in [0.25, 0.3) is 0 Å². The van der Waals surface area contributed by atoms with E-state index in [1.54, 1.807) is 16.9 Å². The van der Waals surface area contributed by atoms with Crippen molar-refractivity contribution in [2.75, 3.05) is 6.54 Å². The molecular weight excluding hydrogens is 526 g/mol. The van der Waals surface area contributed by atoms with Gasteiger partial charge in [-0.2, -0.15) is 5.10 Å². The van der Waals surface area contributed by atoms with Gasteiger partial charge in [-0.05, 0) is 43.7 Å². The van der Waals surface area contributed by atoms with E-state index >= 15 is 0 Å². The maximum Gasteiger partial charge on any atom is 0.273 e. The standard InChI is InChI=1S/C29H37N7O5/c1-4-36-15-13-21(35-36)27(39)31-20-12-8-9-14-30-25(37)23-17-41-29(33-23)22(16-19-10-6-5-7-11-19)32-28(40)24(18(2)3)34-26(20)38/h5-7,10-11,13,15,17-18,20,22,24H,4,8-9,12,14,16H2,1-3H3,(H,30,37)(H,31,39)(H,32,40)(H,34,38)/t20-,22+,24-/m0/s1. The SMILES string of the molecule is CCn1ccc(C(=O)N[C@H]2CCCCNC(=O)c3coc(n3)[C@@H](Cc3ccccc3)NC(=O)[C@H](C(C)C)NC2=O)n1. The van der Waals surface area contributed by atoms with Crippen LogP contribution in [0.2, 0.25) is 0 Å². The highest BCUT2D eigenvalue weighted by molar-refractivity contribution is 5.97. The van der Waals surface area contributed by atoms with Crippen molar-refractivity contribution >= 4 is 23.6 Å². The molecule has 0 saturated carbocycles. The Hall–Kier alpha value is -4.48. The summed E-state index contributed by atoms with van der Waals surface area (Å²) in [5, 5.41) is 15.6. The van der Waals surface area contributed by atoms with E-state index in [0.717, 1.165) is 5.56 Å². The molecule has 0 unspecified atom stereocenters. The largest absolute Gasteiger partial charge is 0.446 e. The van der Waals surface area contributed by atoms with Crippen LogP contribution in [0, 0.1) is 5.92 Å². The summed E-state index contributed by atoms with van der Waals surface area (Å²) >= 11 is 0. The fraction of sp³-hybridized carbons (Fsp3) is 0.448. The highest BCUT2D eigenvalue weighted by Gasteiger charge is 2.32. The minimum absolute atomic E-state index is 0.116. The van der Waals surface area contributed by atoms with Crippen molar-refractivity contribution in [2.24, 2.45) is 5.92 Å². The number of rotatable bonds is 6. The third-order valence-corrected chi connectivity index (χ3v) is 6.92. The minimum Gasteiger partial charge on any atom is -0.446 e. The number of carbonyl (C=O) groups excluding carboxylic acids is 4. The maximum absolute atomic E-state index is 13.6. The van der Waals surface area contributed by atoms with Crippen LogP contribution >= 0.6 is 0 Å². The number of aryl methyl sites for hydroxylation is 1. The van der Waals surface area contributed by atoms with Gasteiger partial charge < -0.3 is 25.7 Å². The van der Waals surface area contributed by atoms with Crippen LogP contribution in [0.4, 0.5) is 0 Å². The molecule has 12 heteroatoms. The molecule has 3 heterocycles. The monoisotopic (exact) mass is 563 g/mol. The molecule has 4 rings (SSSR count). The van der Waals surface area contributed by atoms with Crippen LogP contribution < -0.4 is 21.3 Å². The highest BCUT2D eigenvalue weighted by Crippen LogP contribution is 2.20. The second-order valence-corrected chi connectivity index (χ2v) is 10.4. The molecule has 3 aromatic rings. The summed E-state index contributed by atoms with van der Waals surface area (Å²) < 4.78 is 7.27. The Bertz CT molecular complexity index is 1350. The molecule has 0 radical (unpaired) electrons. The third-order valence-electron chi connectivity index (χ3n) is 6.92. The lowest BCUT2D eigenvalue weighted by Crippen LogP contribution is -2.56. The van der Waals surface area contributed by atoms with E-state index in [9.17, 15) is 19.2 Å². The molecule has 4 N–H and O–H groups in total. The number of aromatic nitrogens is 3. The summed E-state index contributed by atoms with van der Waals surface area (Å²) in [5.41, 5.74) is 1.24. The summed E-state index contributed by atoms with van der Waals surface area (Å²) in [6.45, 7) is 6.52. The second kappa shape index (κ2) is 13.7. The molecule has 2 aromatic heterocycles. The third kappa shape index (κ3) is 7.80. The fourth-order valence-corrected chi connectivity index (χ4v) is 4.58. The fourth-order valence-electron chi connectivity index (χ4n) is 4.58. The van der Waals surface area contributed by atoms with Crippen molar-refractivity contribution in [1.82, 2.24) is 36.0 Å². The molecular formula is C29H37N7O5. The van der Waals surface area contributed by atoms with Crippen molar-refractivity contribution in [3.8, 4) is 0 Å². The molecule has 0 fully saturated rings. The van der Waals surface area contributed by atoms with Crippen molar-refractivity contribution in [2.45, 2.75) is 71.1 Å². The average molecular weight is 564 g/mol. The van der Waals surface area contributed by atoms with Gasteiger partial charge in [0.25, 0.3) is 11.8 Å². The average Bonchev–Trinajstić information content (AvgIpc) is 3.65. The van der Waals surface area contributed by atoms with E-state index in [0.29, 0.717) is 38.8 Å². The van der Waals surface area contributed by atoms with Gasteiger partial charge in [-0.25, -0.2) is 4.98 Å². The number of nitrogens with one attached hydrogen (secondary N) is 4. The number of carbonyl (C=O) groups is 4. The first-order valence-corrected chi connectivity index (χ1v) is 14.0. The molecule has 2 bridgehead atoms. The first-order valence-electron chi connectivity index (χ1n) is 14.0. The van der Waals surface area contributed by atoms with Gasteiger partial charge in [0.05, 0.1) is 0 Å². The van der Waals surface area contributed by atoms with Gasteiger partial charge in [-0.15, -0.1) is 0 Å². The molecule has 0 saturated heterocycles. The van der Waals surface area contributed by atoms with E-state index in [2.05, 4.69) is 31.3 Å². The number of hydrogen-bond donors (Lipinski definition) is 4. The van der Waals surface area contributed by atoms with Crippen LogP contribution in [0.3, 0.4) is 0 Å². The number of oxazole rings is 1. The van der Waals surface area contributed by atoms with Gasteiger partial charge >= 0.3 is 0 Å². The Kier molecular flexibility index (Phi) is 9.88. The Morgan fingerprint density at radius 2 is 1.88 bits per heavy atom. The zero-order valence-electron chi connectivity index (χ0n) is 23.6. The molecule has 1 aromatic carbocycles. The highest BCUT2D eigenvalue weighted by atomic mass is 16.3. The van der Waals surface area contributed by atoms with Crippen LogP contribution in [0.1, 0.15) is 78.5 Å². The number of fused-ring (bicyclic) bond motifs is 2. The topological polar surface area (TPSA) is 160 Å². The zero-order chi connectivity index (χ0) is 29.4. The molecule has 0 spiro atoms. The Morgan fingerprint density at radius 1 is 1.10 bits per heavy atom. The van der Waals surface area contributed by atoms with Gasteiger partial charge in [0.15, 0.2) is 5.69 Å². The van der Waals surface area contributed by atoms with Gasteiger partial charge in [0, 0.05) is 25.7 Å². The summed E-state index contributed by atoms with van der Waals surface area (Å²) in [7, 11) is 0. The lowest BCUT2D eigenvalue weighted by atomic mass is 10.00. The van der Waals surface area contributed by atoms with E-state index in [1.165, 1.54) is 6.26 Å². The molecule has 12 nitrogen and oxygen atoms in total. The van der Waals surface area contributed by atoms with Gasteiger partial charge in [0.2, 0.25) is 17.7 Å². The number of benzene rings is 1. The Morgan fingerprint density at radius 3 is 2.59 bits per heavy atom. The van der Waals surface area contributed by atoms with E-state index in [1.807, 2.05) is 51.1 Å². The van der Waals surface area contributed by atoms with E-state index < -0.39 is 41.8 Å². The molecule has 41 heavy (non-hydrogen) atoms. The van der Waals surface area contributed by atoms with Gasteiger partial charge in [0.1, 0.15) is 30.1 Å². The predicted octanol–water partition coefficient (Wildman–Crippen LogP) is 2.14. The summed E-state index contributed by atoms with van der Waals surface area (Å²) in [5.74, 6) is -1.87. The number of hydrogen-bond acceptors (Lipinski definition) is 7. The molecule has 1 aliphatic heterocycles. The van der Waals surface area contributed by atoms with Crippen LogP contribution in [-0.4, -0.2) is 57.0 Å². The lowest BCUT2D eigenvalue weighted by molar-refractivity contribution is -0.131. The van der Waals surface area contributed by atoms with Crippen molar-refractivity contribution in [3.63, 3.8) is 0 Å². The second-order valence-electron chi connectivity index (χ2n) is 10.4. The normalized spacial score (nSPS) is 20.7. The van der Waals surface area contributed by atoms with Crippen LogP contribution in [-0.2, 0) is 22.6 Å². The molecule has 3 atom stereocenters. The van der Waals surface area contributed by atoms with Crippen molar-refractivity contribution in [1.29, 1.82) is 0 Å². The summed E-state index contributed by atoms with van der Waals surface area (Å²) in [4.78, 5) is 57.1. The van der Waals surface area contributed by atoms with Crippen LogP contribution in [0.5, 0.6) is 0 Å². The smallest absolute Gasteiger partial charge is 0.273 e. The minimum atomic E-state index is -0.904. The first-order chi connectivity index (χ1) is 19.7. The van der Waals surface area contributed by atoms with Crippen LogP contribution in [0.15, 0.2) is 53.3 Å². The van der Waals surface area contributed by atoms with Gasteiger partial charge in [-0.1, -0.05) is 44.2 Å². The Balaban J connectivity index is 1.59. The lowest BCUT2D eigenvalue weighted by Gasteiger charge is -2.27. The molecule has 4 amide bonds. The maximum atomic E-state index is 13.6.